The van der Waals surface area contributed by atoms with Crippen molar-refractivity contribution in [2.24, 2.45) is 0 Å². The van der Waals surface area contributed by atoms with Crippen LogP contribution in [-0.4, -0.2) is 22.0 Å². The molecule has 0 unspecified atom stereocenters. The van der Waals surface area contributed by atoms with Gasteiger partial charge in [0.15, 0.2) is 5.69 Å². The summed E-state index contributed by atoms with van der Waals surface area (Å²) in [5.41, 5.74) is 3.88. The SMILES string of the molecule is CCOC(=O)c1c(C)nc2cccc(-c3ccccc3)n12. The molecule has 21 heavy (non-hydrogen) atoms. The molecule has 0 spiro atoms. The molecule has 0 aliphatic carbocycles. The molecule has 4 nitrogen and oxygen atoms in total. The molecular formula is C17H16N2O2. The van der Waals surface area contributed by atoms with Crippen molar-refractivity contribution in [2.45, 2.75) is 13.8 Å². The number of nitrogens with zero attached hydrogens (tertiary/aromatic N) is 2. The van der Waals surface area contributed by atoms with E-state index in [4.69, 9.17) is 4.74 Å². The van der Waals surface area contributed by atoms with Crippen LogP contribution in [0, 0.1) is 6.92 Å². The number of carbonyl (C=O) groups is 1. The summed E-state index contributed by atoms with van der Waals surface area (Å²) in [6, 6.07) is 15.8. The van der Waals surface area contributed by atoms with Crippen LogP contribution in [-0.2, 0) is 4.74 Å². The van der Waals surface area contributed by atoms with Gasteiger partial charge >= 0.3 is 5.97 Å². The maximum absolute atomic E-state index is 12.2. The maximum Gasteiger partial charge on any atom is 0.357 e. The molecule has 0 aliphatic rings. The second-order valence-corrected chi connectivity index (χ2v) is 4.74. The number of carbonyl (C=O) groups excluding carboxylic acids is 1. The lowest BCUT2D eigenvalue weighted by atomic mass is 10.1. The van der Waals surface area contributed by atoms with Gasteiger partial charge in [-0.2, -0.15) is 0 Å². The second kappa shape index (κ2) is 5.40. The lowest BCUT2D eigenvalue weighted by molar-refractivity contribution is 0.0517. The number of aromatic nitrogens is 2. The highest BCUT2D eigenvalue weighted by molar-refractivity contribution is 5.91. The minimum atomic E-state index is -0.342. The maximum atomic E-state index is 12.2. The number of aryl methyl sites for hydroxylation is 1. The summed E-state index contributed by atoms with van der Waals surface area (Å²) in [7, 11) is 0. The number of rotatable bonds is 3. The van der Waals surface area contributed by atoms with Gasteiger partial charge in [0, 0.05) is 0 Å². The Balaban J connectivity index is 2.29. The Hall–Kier alpha value is -2.62. The Labute approximate surface area is 123 Å². The molecule has 3 rings (SSSR count). The Morgan fingerprint density at radius 2 is 1.90 bits per heavy atom. The van der Waals surface area contributed by atoms with Crippen LogP contribution in [0.15, 0.2) is 48.5 Å². The van der Waals surface area contributed by atoms with Crippen LogP contribution < -0.4 is 0 Å². The summed E-state index contributed by atoms with van der Waals surface area (Å²) in [5.74, 6) is -0.342. The summed E-state index contributed by atoms with van der Waals surface area (Å²) < 4.78 is 7.03. The van der Waals surface area contributed by atoms with Crippen molar-refractivity contribution >= 4 is 11.6 Å². The Morgan fingerprint density at radius 3 is 2.62 bits per heavy atom. The predicted molar refractivity (Wildman–Crippen MR) is 81.3 cm³/mol. The van der Waals surface area contributed by atoms with Crippen molar-refractivity contribution in [1.29, 1.82) is 0 Å². The van der Waals surface area contributed by atoms with E-state index in [9.17, 15) is 4.79 Å². The lowest BCUT2D eigenvalue weighted by Crippen LogP contribution is -2.10. The van der Waals surface area contributed by atoms with Crippen LogP contribution in [0.25, 0.3) is 16.9 Å². The zero-order valence-corrected chi connectivity index (χ0v) is 12.0. The highest BCUT2D eigenvalue weighted by Crippen LogP contribution is 2.24. The number of ether oxygens (including phenoxy) is 1. The third-order valence-electron chi connectivity index (χ3n) is 3.36. The Morgan fingerprint density at radius 1 is 1.14 bits per heavy atom. The number of fused-ring (bicyclic) bond motifs is 1. The van der Waals surface area contributed by atoms with E-state index in [2.05, 4.69) is 4.98 Å². The third kappa shape index (κ3) is 2.29. The van der Waals surface area contributed by atoms with Crippen molar-refractivity contribution in [1.82, 2.24) is 9.38 Å². The normalized spacial score (nSPS) is 10.8. The molecule has 2 aromatic heterocycles. The first-order chi connectivity index (χ1) is 10.2. The van der Waals surface area contributed by atoms with Crippen LogP contribution in [0.5, 0.6) is 0 Å². The molecule has 0 atom stereocenters. The Bertz CT molecular complexity index is 791. The van der Waals surface area contributed by atoms with E-state index >= 15 is 0 Å². The van der Waals surface area contributed by atoms with Gasteiger partial charge in [0.05, 0.1) is 18.0 Å². The van der Waals surface area contributed by atoms with E-state index in [1.165, 1.54) is 0 Å². The van der Waals surface area contributed by atoms with Crippen molar-refractivity contribution in [3.05, 3.63) is 59.9 Å². The Kier molecular flexibility index (Phi) is 3.44. The van der Waals surface area contributed by atoms with Crippen LogP contribution in [0.1, 0.15) is 23.1 Å². The fourth-order valence-electron chi connectivity index (χ4n) is 2.48. The molecule has 0 amide bonds. The van der Waals surface area contributed by atoms with Crippen molar-refractivity contribution < 1.29 is 9.53 Å². The fraction of sp³-hybridized carbons (Fsp3) is 0.176. The zero-order valence-electron chi connectivity index (χ0n) is 12.0. The lowest BCUT2D eigenvalue weighted by Gasteiger charge is -2.09. The minimum absolute atomic E-state index is 0.342. The zero-order chi connectivity index (χ0) is 14.8. The molecule has 0 radical (unpaired) electrons. The van der Waals surface area contributed by atoms with E-state index < -0.39 is 0 Å². The quantitative estimate of drug-likeness (QED) is 0.690. The first-order valence-electron chi connectivity index (χ1n) is 6.93. The first-order valence-corrected chi connectivity index (χ1v) is 6.93. The highest BCUT2D eigenvalue weighted by atomic mass is 16.5. The van der Waals surface area contributed by atoms with Crippen LogP contribution in [0.3, 0.4) is 0 Å². The largest absolute Gasteiger partial charge is 0.461 e. The number of benzene rings is 1. The van der Waals surface area contributed by atoms with Gasteiger partial charge in [-0.25, -0.2) is 9.78 Å². The molecular weight excluding hydrogens is 264 g/mol. The van der Waals surface area contributed by atoms with Gasteiger partial charge in [0.25, 0.3) is 0 Å². The number of hydrogen-bond acceptors (Lipinski definition) is 3. The summed E-state index contributed by atoms with van der Waals surface area (Å²) in [6.45, 7) is 3.97. The van der Waals surface area contributed by atoms with Crippen molar-refractivity contribution in [2.75, 3.05) is 6.61 Å². The fourth-order valence-corrected chi connectivity index (χ4v) is 2.48. The van der Waals surface area contributed by atoms with Crippen LogP contribution in [0.2, 0.25) is 0 Å². The highest BCUT2D eigenvalue weighted by Gasteiger charge is 2.20. The minimum Gasteiger partial charge on any atom is -0.461 e. The van der Waals surface area contributed by atoms with E-state index in [0.717, 1.165) is 16.9 Å². The molecule has 1 aromatic carbocycles. The first kappa shape index (κ1) is 13.4. The third-order valence-corrected chi connectivity index (χ3v) is 3.36. The summed E-state index contributed by atoms with van der Waals surface area (Å²) >= 11 is 0. The molecule has 106 valence electrons. The number of imidazole rings is 1. The summed E-state index contributed by atoms with van der Waals surface area (Å²) in [4.78, 5) is 16.7. The van der Waals surface area contributed by atoms with Crippen LogP contribution >= 0.6 is 0 Å². The average molecular weight is 280 g/mol. The van der Waals surface area contributed by atoms with E-state index in [-0.39, 0.29) is 5.97 Å². The molecule has 0 saturated carbocycles. The number of pyridine rings is 1. The van der Waals surface area contributed by atoms with Gasteiger partial charge in [-0.3, -0.25) is 4.40 Å². The molecule has 0 bridgehead atoms. The monoisotopic (exact) mass is 280 g/mol. The summed E-state index contributed by atoms with van der Waals surface area (Å²) in [6.07, 6.45) is 0. The van der Waals surface area contributed by atoms with Crippen molar-refractivity contribution in [3.8, 4) is 11.3 Å². The predicted octanol–water partition coefficient (Wildman–Crippen LogP) is 3.49. The molecule has 0 fully saturated rings. The molecule has 4 heteroatoms. The van der Waals surface area contributed by atoms with Gasteiger partial charge in [0.2, 0.25) is 0 Å². The van der Waals surface area contributed by atoms with Gasteiger partial charge in [-0.05, 0) is 31.5 Å². The molecule has 0 aliphatic heterocycles. The van der Waals surface area contributed by atoms with E-state index in [1.54, 1.807) is 6.92 Å². The second-order valence-electron chi connectivity index (χ2n) is 4.74. The topological polar surface area (TPSA) is 43.6 Å². The molecule has 2 heterocycles. The number of esters is 1. The van der Waals surface area contributed by atoms with Crippen LogP contribution in [0.4, 0.5) is 0 Å². The van der Waals surface area contributed by atoms with E-state index in [1.807, 2.05) is 59.9 Å². The summed E-state index contributed by atoms with van der Waals surface area (Å²) in [5, 5.41) is 0. The van der Waals surface area contributed by atoms with E-state index in [0.29, 0.717) is 18.0 Å². The molecule has 0 N–H and O–H groups in total. The molecule has 3 aromatic rings. The van der Waals surface area contributed by atoms with Gasteiger partial charge < -0.3 is 4.74 Å². The standard InChI is InChI=1S/C17H16N2O2/c1-3-21-17(20)16-12(2)18-15-11-7-10-14(19(15)16)13-8-5-4-6-9-13/h4-11H,3H2,1-2H3. The molecule has 0 saturated heterocycles. The number of hydrogen-bond donors (Lipinski definition) is 0. The van der Waals surface area contributed by atoms with Gasteiger partial charge in [-0.15, -0.1) is 0 Å². The smallest absolute Gasteiger partial charge is 0.357 e. The average Bonchev–Trinajstić information content (AvgIpc) is 2.84. The van der Waals surface area contributed by atoms with Gasteiger partial charge in [0.1, 0.15) is 5.65 Å². The van der Waals surface area contributed by atoms with Gasteiger partial charge in [-0.1, -0.05) is 36.4 Å². The van der Waals surface area contributed by atoms with Crippen molar-refractivity contribution in [3.63, 3.8) is 0 Å².